The summed E-state index contributed by atoms with van der Waals surface area (Å²) >= 11 is 0. The molecule has 0 aliphatic carbocycles. The fourth-order valence-electron chi connectivity index (χ4n) is 2.44. The van der Waals surface area contributed by atoms with E-state index in [1.807, 2.05) is 34.6 Å². The first kappa shape index (κ1) is 16.2. The lowest BCUT2D eigenvalue weighted by molar-refractivity contribution is -0.0644. The summed E-state index contributed by atoms with van der Waals surface area (Å²) in [6, 6.07) is -0.335. The molecule has 0 aromatic heterocycles. The molecule has 0 aromatic carbocycles. The van der Waals surface area contributed by atoms with Crippen molar-refractivity contribution < 1.29 is 14.6 Å². The monoisotopic (exact) mass is 272 g/mol. The first-order chi connectivity index (χ1) is 8.55. The largest absolute Gasteiger partial charge is 0.444 e. The van der Waals surface area contributed by atoms with Gasteiger partial charge in [-0.15, -0.1) is 0 Å². The molecule has 1 aliphatic rings. The molecule has 1 saturated heterocycles. The molecule has 1 aliphatic heterocycles. The van der Waals surface area contributed by atoms with Crippen LogP contribution < -0.4 is 5.73 Å². The van der Waals surface area contributed by atoms with Crippen molar-refractivity contribution in [1.82, 2.24) is 4.90 Å². The van der Waals surface area contributed by atoms with E-state index < -0.39 is 11.2 Å². The second-order valence-electron chi connectivity index (χ2n) is 6.88. The Balaban J connectivity index is 2.71. The van der Waals surface area contributed by atoms with Gasteiger partial charge in [0.2, 0.25) is 0 Å². The third kappa shape index (κ3) is 4.35. The van der Waals surface area contributed by atoms with Gasteiger partial charge < -0.3 is 20.5 Å². The molecule has 112 valence electrons. The van der Waals surface area contributed by atoms with Crippen LogP contribution in [0.5, 0.6) is 0 Å². The van der Waals surface area contributed by atoms with Gasteiger partial charge in [0.1, 0.15) is 5.60 Å². The van der Waals surface area contributed by atoms with E-state index >= 15 is 0 Å². The average molecular weight is 272 g/mol. The highest BCUT2D eigenvalue weighted by atomic mass is 16.6. The lowest BCUT2D eigenvalue weighted by Crippen LogP contribution is -2.61. The van der Waals surface area contributed by atoms with Gasteiger partial charge in [-0.25, -0.2) is 4.79 Å². The maximum Gasteiger partial charge on any atom is 0.410 e. The van der Waals surface area contributed by atoms with E-state index in [0.717, 1.165) is 6.42 Å². The Morgan fingerprint density at radius 2 is 2.00 bits per heavy atom. The van der Waals surface area contributed by atoms with Crippen LogP contribution in [0.3, 0.4) is 0 Å². The predicted molar refractivity (Wildman–Crippen MR) is 74.8 cm³/mol. The van der Waals surface area contributed by atoms with Crippen LogP contribution in [0.1, 0.15) is 47.5 Å². The van der Waals surface area contributed by atoms with Gasteiger partial charge >= 0.3 is 6.09 Å². The number of amides is 1. The molecule has 0 aromatic rings. The predicted octanol–water partition coefficient (Wildman–Crippen LogP) is 1.73. The van der Waals surface area contributed by atoms with E-state index in [1.165, 1.54) is 0 Å². The van der Waals surface area contributed by atoms with Crippen molar-refractivity contribution in [2.75, 3.05) is 13.1 Å². The summed E-state index contributed by atoms with van der Waals surface area (Å²) in [6.07, 6.45) is 1.00. The van der Waals surface area contributed by atoms with Gasteiger partial charge in [0, 0.05) is 12.6 Å². The van der Waals surface area contributed by atoms with E-state index in [0.29, 0.717) is 13.0 Å². The number of aliphatic hydroxyl groups is 1. The third-order valence-corrected chi connectivity index (χ3v) is 3.49. The molecule has 0 spiro atoms. The molecule has 19 heavy (non-hydrogen) atoms. The van der Waals surface area contributed by atoms with Crippen LogP contribution in [-0.4, -0.2) is 46.4 Å². The number of likely N-dealkylation sites (tertiary alicyclic amines) is 1. The average Bonchev–Trinajstić information content (AvgIpc) is 2.25. The number of ether oxygens (including phenoxy) is 1. The SMILES string of the molecule is CC(C)C(N)C1(O)CCCN(C(=O)OC(C)(C)C)C1. The number of nitrogens with zero attached hydrogens (tertiary/aromatic N) is 1. The van der Waals surface area contributed by atoms with Crippen molar-refractivity contribution in [3.63, 3.8) is 0 Å². The number of carbonyl (C=O) groups excluding carboxylic acids is 1. The summed E-state index contributed by atoms with van der Waals surface area (Å²) < 4.78 is 5.35. The number of β-amino-alcohol motifs (C(OH)–C–C–N with tert-alkyl or cyclic N) is 1. The van der Waals surface area contributed by atoms with Crippen LogP contribution in [0.15, 0.2) is 0 Å². The van der Waals surface area contributed by atoms with E-state index in [-0.39, 0.29) is 24.6 Å². The second-order valence-corrected chi connectivity index (χ2v) is 6.88. The Morgan fingerprint density at radius 1 is 1.42 bits per heavy atom. The normalized spacial score (nSPS) is 26.4. The third-order valence-electron chi connectivity index (χ3n) is 3.49. The standard InChI is InChI=1S/C14H28N2O3/c1-10(2)11(15)14(18)7-6-8-16(9-14)12(17)19-13(3,4)5/h10-11,18H,6-9,15H2,1-5H3. The second kappa shape index (κ2) is 5.67. The van der Waals surface area contributed by atoms with Crippen molar-refractivity contribution in [2.24, 2.45) is 11.7 Å². The van der Waals surface area contributed by atoms with Gasteiger partial charge in [0.15, 0.2) is 0 Å². The number of piperidine rings is 1. The van der Waals surface area contributed by atoms with Crippen molar-refractivity contribution in [1.29, 1.82) is 0 Å². The minimum atomic E-state index is -1.01. The highest BCUT2D eigenvalue weighted by Gasteiger charge is 2.42. The number of hydrogen-bond donors (Lipinski definition) is 2. The minimum absolute atomic E-state index is 0.170. The molecular weight excluding hydrogens is 244 g/mol. The van der Waals surface area contributed by atoms with Crippen molar-refractivity contribution in [3.05, 3.63) is 0 Å². The summed E-state index contributed by atoms with van der Waals surface area (Å²) in [5, 5.41) is 10.7. The molecule has 1 amide bonds. The molecule has 3 N–H and O–H groups in total. The summed E-state index contributed by atoms with van der Waals surface area (Å²) in [5.74, 6) is 0.170. The van der Waals surface area contributed by atoms with Crippen LogP contribution >= 0.6 is 0 Å². The summed E-state index contributed by atoms with van der Waals surface area (Å²) in [5.41, 5.74) is 4.55. The maximum atomic E-state index is 12.0. The topological polar surface area (TPSA) is 75.8 Å². The van der Waals surface area contributed by atoms with Gasteiger partial charge in [-0.3, -0.25) is 0 Å². The smallest absolute Gasteiger partial charge is 0.410 e. The molecule has 1 heterocycles. The molecule has 5 heteroatoms. The lowest BCUT2D eigenvalue weighted by Gasteiger charge is -2.43. The van der Waals surface area contributed by atoms with Crippen LogP contribution in [0.25, 0.3) is 0 Å². The Hall–Kier alpha value is -0.810. The number of hydrogen-bond acceptors (Lipinski definition) is 4. The molecular formula is C14H28N2O3. The van der Waals surface area contributed by atoms with Crippen LogP contribution in [0, 0.1) is 5.92 Å². The summed E-state index contributed by atoms with van der Waals surface area (Å²) in [6.45, 7) is 10.3. The lowest BCUT2D eigenvalue weighted by atomic mass is 9.81. The molecule has 0 radical (unpaired) electrons. The van der Waals surface area contributed by atoms with Gasteiger partial charge in [-0.05, 0) is 39.5 Å². The molecule has 5 nitrogen and oxygen atoms in total. The first-order valence-electron chi connectivity index (χ1n) is 7.01. The van der Waals surface area contributed by atoms with Gasteiger partial charge in [-0.2, -0.15) is 0 Å². The van der Waals surface area contributed by atoms with Crippen LogP contribution in [-0.2, 0) is 4.74 Å². The zero-order valence-electron chi connectivity index (χ0n) is 12.8. The first-order valence-corrected chi connectivity index (χ1v) is 7.01. The van der Waals surface area contributed by atoms with Gasteiger partial charge in [0.05, 0.1) is 12.1 Å². The summed E-state index contributed by atoms with van der Waals surface area (Å²) in [4.78, 5) is 13.6. The Bertz CT molecular complexity index is 325. The maximum absolute atomic E-state index is 12.0. The quantitative estimate of drug-likeness (QED) is 0.802. The number of rotatable bonds is 2. The summed E-state index contributed by atoms with van der Waals surface area (Å²) in [7, 11) is 0. The minimum Gasteiger partial charge on any atom is -0.444 e. The van der Waals surface area contributed by atoms with E-state index in [9.17, 15) is 9.90 Å². The van der Waals surface area contributed by atoms with Crippen molar-refractivity contribution in [3.8, 4) is 0 Å². The van der Waals surface area contributed by atoms with E-state index in [1.54, 1.807) is 4.90 Å². The van der Waals surface area contributed by atoms with Crippen molar-refractivity contribution >= 4 is 6.09 Å². The van der Waals surface area contributed by atoms with E-state index in [2.05, 4.69) is 0 Å². The molecule has 2 atom stereocenters. The fraction of sp³-hybridized carbons (Fsp3) is 0.929. The molecule has 1 fully saturated rings. The molecule has 0 saturated carbocycles. The zero-order chi connectivity index (χ0) is 14.8. The highest BCUT2D eigenvalue weighted by molar-refractivity contribution is 5.68. The van der Waals surface area contributed by atoms with Crippen LogP contribution in [0.4, 0.5) is 4.79 Å². The van der Waals surface area contributed by atoms with Crippen LogP contribution in [0.2, 0.25) is 0 Å². The number of nitrogens with two attached hydrogens (primary N) is 1. The van der Waals surface area contributed by atoms with Gasteiger partial charge in [-0.1, -0.05) is 13.8 Å². The molecule has 1 rings (SSSR count). The zero-order valence-corrected chi connectivity index (χ0v) is 12.8. The number of carbonyl (C=O) groups is 1. The molecule has 0 bridgehead atoms. The fourth-order valence-corrected chi connectivity index (χ4v) is 2.44. The highest BCUT2D eigenvalue weighted by Crippen LogP contribution is 2.28. The van der Waals surface area contributed by atoms with Crippen molar-refractivity contribution in [2.45, 2.75) is 64.7 Å². The Kier molecular flexibility index (Phi) is 4.85. The Labute approximate surface area is 116 Å². The van der Waals surface area contributed by atoms with E-state index in [4.69, 9.17) is 10.5 Å². The Morgan fingerprint density at radius 3 is 2.47 bits per heavy atom. The van der Waals surface area contributed by atoms with Gasteiger partial charge in [0.25, 0.3) is 0 Å². The molecule has 2 unspecified atom stereocenters.